The number of hydrogen-bond donors (Lipinski definition) is 0. The fourth-order valence-electron chi connectivity index (χ4n) is 4.47. The zero-order chi connectivity index (χ0) is 19.1. The number of halogens is 1. The molecule has 3 aliphatic carbocycles. The molecule has 0 spiro atoms. The fourth-order valence-corrected chi connectivity index (χ4v) is 4.69. The Morgan fingerprint density at radius 1 is 1.11 bits per heavy atom. The minimum atomic E-state index is -0.645. The molecule has 3 aliphatic rings. The van der Waals surface area contributed by atoms with E-state index in [9.17, 15) is 9.59 Å². The molecule has 0 aromatic heterocycles. The Morgan fingerprint density at radius 2 is 1.93 bits per heavy atom. The summed E-state index contributed by atoms with van der Waals surface area (Å²) in [6.07, 6.45) is 5.06. The number of hydrogen-bond acceptors (Lipinski definition) is 2. The third kappa shape index (κ3) is 3.17. The topological polar surface area (TPSA) is 34.1 Å². The van der Waals surface area contributed by atoms with Gasteiger partial charge in [0.15, 0.2) is 11.6 Å². The molecule has 1 saturated carbocycles. The zero-order valence-corrected chi connectivity index (χ0v) is 16.5. The van der Waals surface area contributed by atoms with E-state index < -0.39 is 5.92 Å². The molecule has 0 radical (unpaired) electrons. The predicted octanol–water partition coefficient (Wildman–Crippen LogP) is 5.84. The van der Waals surface area contributed by atoms with Crippen LogP contribution in [0.1, 0.15) is 48.8 Å². The van der Waals surface area contributed by atoms with Crippen molar-refractivity contribution in [2.45, 2.75) is 45.4 Å². The average molecular weight is 379 g/mol. The first-order valence-corrected chi connectivity index (χ1v) is 10.0. The molecular formula is C24H23ClO2. The van der Waals surface area contributed by atoms with Crippen LogP contribution in [0.2, 0.25) is 5.02 Å². The molecule has 2 aromatic carbocycles. The van der Waals surface area contributed by atoms with Gasteiger partial charge in [-0.25, -0.2) is 0 Å². The molecule has 0 saturated heterocycles. The van der Waals surface area contributed by atoms with Gasteiger partial charge in [-0.3, -0.25) is 9.59 Å². The van der Waals surface area contributed by atoms with E-state index in [2.05, 4.69) is 25.1 Å². The Labute approximate surface area is 165 Å². The van der Waals surface area contributed by atoms with Gasteiger partial charge >= 0.3 is 0 Å². The lowest BCUT2D eigenvalue weighted by Crippen LogP contribution is -2.25. The summed E-state index contributed by atoms with van der Waals surface area (Å²) in [5, 5.41) is 0.708. The molecule has 0 amide bonds. The number of carbonyl (C=O) groups excluding carboxylic acids is 2. The Morgan fingerprint density at radius 3 is 2.59 bits per heavy atom. The fraction of sp³-hybridized carbons (Fsp3) is 0.333. The van der Waals surface area contributed by atoms with E-state index in [1.807, 2.05) is 31.2 Å². The third-order valence-electron chi connectivity index (χ3n) is 6.01. The van der Waals surface area contributed by atoms with Crippen molar-refractivity contribution >= 4 is 23.2 Å². The highest BCUT2D eigenvalue weighted by Crippen LogP contribution is 2.40. The van der Waals surface area contributed by atoms with Crippen molar-refractivity contribution in [3.63, 3.8) is 0 Å². The number of rotatable bonds is 3. The van der Waals surface area contributed by atoms with E-state index >= 15 is 0 Å². The summed E-state index contributed by atoms with van der Waals surface area (Å²) in [4.78, 5) is 26.3. The summed E-state index contributed by atoms with van der Waals surface area (Å²) >= 11 is 6.10. The van der Waals surface area contributed by atoms with Gasteiger partial charge in [0.25, 0.3) is 0 Å². The Kier molecular flexibility index (Phi) is 4.77. The summed E-state index contributed by atoms with van der Waals surface area (Å²) in [6.45, 7) is 4.10. The number of Topliss-reactive ketones (excluding diaryl/α,β-unsaturated/α-hetero) is 2. The van der Waals surface area contributed by atoms with E-state index in [0.717, 1.165) is 52.7 Å². The van der Waals surface area contributed by atoms with Crippen molar-refractivity contribution in [2.75, 3.05) is 0 Å². The van der Waals surface area contributed by atoms with Crippen molar-refractivity contribution in [2.24, 2.45) is 5.92 Å². The van der Waals surface area contributed by atoms with Crippen molar-refractivity contribution in [1.29, 1.82) is 0 Å². The number of allylic oxidation sites excluding steroid dienone is 2. The maximum Gasteiger partial charge on any atom is 0.173 e. The highest BCUT2D eigenvalue weighted by atomic mass is 35.5. The van der Waals surface area contributed by atoms with Gasteiger partial charge in [-0.15, -0.1) is 0 Å². The number of ketones is 2. The number of benzene rings is 2. The first-order chi connectivity index (χ1) is 13.0. The van der Waals surface area contributed by atoms with Gasteiger partial charge in [-0.05, 0) is 84.2 Å². The normalized spacial score (nSPS) is 22.0. The third-order valence-corrected chi connectivity index (χ3v) is 6.25. The molecule has 1 unspecified atom stereocenters. The molecule has 2 atom stereocenters. The van der Waals surface area contributed by atoms with E-state index in [4.69, 9.17) is 11.6 Å². The minimum absolute atomic E-state index is 0.0136. The quantitative estimate of drug-likeness (QED) is 0.629. The summed E-state index contributed by atoms with van der Waals surface area (Å²) in [6, 6.07) is 12.0. The first kappa shape index (κ1) is 18.2. The molecule has 1 fully saturated rings. The average Bonchev–Trinajstić information content (AvgIpc) is 2.86. The maximum absolute atomic E-state index is 13.2. The van der Waals surface area contributed by atoms with Crippen LogP contribution in [-0.2, 0) is 16.0 Å². The Hall–Kier alpha value is -2.19. The minimum Gasteiger partial charge on any atom is -0.298 e. The molecule has 0 N–H and O–H groups in total. The number of fused-ring (bicyclic) bond motifs is 4. The lowest BCUT2D eigenvalue weighted by molar-refractivity contribution is -0.128. The predicted molar refractivity (Wildman–Crippen MR) is 109 cm³/mol. The molecule has 5 rings (SSSR count). The molecular weight excluding hydrogens is 356 g/mol. The Bertz CT molecular complexity index is 970. The van der Waals surface area contributed by atoms with Crippen LogP contribution in [0.3, 0.4) is 0 Å². The zero-order valence-electron chi connectivity index (χ0n) is 15.7. The molecule has 138 valence electrons. The van der Waals surface area contributed by atoms with Gasteiger partial charge < -0.3 is 0 Å². The van der Waals surface area contributed by atoms with Crippen molar-refractivity contribution in [1.82, 2.24) is 0 Å². The van der Waals surface area contributed by atoms with Crippen LogP contribution in [0, 0.1) is 12.8 Å². The second-order valence-corrected chi connectivity index (χ2v) is 8.06. The standard InChI is InChI=1S/C24H23ClO2/c1-3-15-4-9-18(20-11-10-19(25)12-14(20)2)13-21(15)22-23(26)16-5-6-17(8-7-16)24(22)27/h4-5,9-13,17,22H,3,6-8H2,1-2H3/t17-,22?/m0/s1. The molecule has 2 nitrogen and oxygen atoms in total. The largest absolute Gasteiger partial charge is 0.298 e. The lowest BCUT2D eigenvalue weighted by atomic mass is 9.81. The van der Waals surface area contributed by atoms with Crippen molar-refractivity contribution in [3.8, 4) is 11.1 Å². The maximum atomic E-state index is 13.2. The van der Waals surface area contributed by atoms with Crippen LogP contribution in [0.25, 0.3) is 11.1 Å². The van der Waals surface area contributed by atoms with E-state index in [0.29, 0.717) is 11.4 Å². The van der Waals surface area contributed by atoms with Gasteiger partial charge in [0.2, 0.25) is 0 Å². The summed E-state index contributed by atoms with van der Waals surface area (Å²) in [5.74, 6) is -0.548. The molecule has 0 aliphatic heterocycles. The molecule has 2 bridgehead atoms. The number of aryl methyl sites for hydroxylation is 2. The van der Waals surface area contributed by atoms with Gasteiger partial charge in [0.05, 0.1) is 0 Å². The van der Waals surface area contributed by atoms with Crippen LogP contribution < -0.4 is 0 Å². The van der Waals surface area contributed by atoms with E-state index in [1.165, 1.54) is 0 Å². The number of carbonyl (C=O) groups is 2. The van der Waals surface area contributed by atoms with Crippen LogP contribution in [-0.4, -0.2) is 11.6 Å². The van der Waals surface area contributed by atoms with Crippen LogP contribution >= 0.6 is 11.6 Å². The first-order valence-electron chi connectivity index (χ1n) is 9.66. The van der Waals surface area contributed by atoms with Crippen LogP contribution in [0.5, 0.6) is 0 Å². The Balaban J connectivity index is 1.85. The van der Waals surface area contributed by atoms with Crippen LogP contribution in [0.4, 0.5) is 0 Å². The van der Waals surface area contributed by atoms with Gasteiger partial charge in [-0.2, -0.15) is 0 Å². The van der Waals surface area contributed by atoms with Gasteiger partial charge in [-0.1, -0.05) is 42.8 Å². The lowest BCUT2D eigenvalue weighted by Gasteiger charge is -2.20. The van der Waals surface area contributed by atoms with E-state index in [-0.39, 0.29) is 17.5 Å². The molecule has 27 heavy (non-hydrogen) atoms. The monoisotopic (exact) mass is 378 g/mol. The van der Waals surface area contributed by atoms with Gasteiger partial charge in [0.1, 0.15) is 5.92 Å². The van der Waals surface area contributed by atoms with Gasteiger partial charge in [0, 0.05) is 10.9 Å². The summed E-state index contributed by atoms with van der Waals surface area (Å²) < 4.78 is 0. The smallest absolute Gasteiger partial charge is 0.173 e. The second kappa shape index (κ2) is 7.09. The molecule has 3 heteroatoms. The highest BCUT2D eigenvalue weighted by molar-refractivity contribution is 6.30. The highest BCUT2D eigenvalue weighted by Gasteiger charge is 2.41. The van der Waals surface area contributed by atoms with E-state index in [1.54, 1.807) is 0 Å². The second-order valence-electron chi connectivity index (χ2n) is 7.63. The summed E-state index contributed by atoms with van der Waals surface area (Å²) in [7, 11) is 0. The SMILES string of the molecule is CCc1ccc(-c2ccc(Cl)cc2C)cc1C1C(=O)C2=CC[C@@H](CC2)C1=O. The van der Waals surface area contributed by atoms with Crippen molar-refractivity contribution in [3.05, 3.63) is 69.8 Å². The van der Waals surface area contributed by atoms with Crippen LogP contribution in [0.15, 0.2) is 48.0 Å². The van der Waals surface area contributed by atoms with Crippen molar-refractivity contribution < 1.29 is 9.59 Å². The summed E-state index contributed by atoms with van der Waals surface area (Å²) in [5.41, 5.74) is 6.01. The molecule has 2 aromatic rings. The molecule has 0 heterocycles.